The lowest BCUT2D eigenvalue weighted by Gasteiger charge is -2.17. The highest BCUT2D eigenvalue weighted by Crippen LogP contribution is 2.48. The quantitative estimate of drug-likeness (QED) is 0.659. The van der Waals surface area contributed by atoms with E-state index in [-0.39, 0.29) is 5.92 Å². The minimum atomic E-state index is -0.833. The predicted molar refractivity (Wildman–Crippen MR) is 104 cm³/mol. The first kappa shape index (κ1) is 17.5. The molecule has 1 unspecified atom stereocenters. The lowest BCUT2D eigenvalue weighted by Crippen LogP contribution is -2.01. The van der Waals surface area contributed by atoms with Crippen LogP contribution in [0.5, 0.6) is 0 Å². The monoisotopic (exact) mass is 344 g/mol. The number of carbonyl (C=O) groups is 1. The molecule has 0 bridgehead atoms. The fraction of sp³-hybridized carbons (Fsp3) is 0.0870. The minimum Gasteiger partial charge on any atom is -0.507 e. The summed E-state index contributed by atoms with van der Waals surface area (Å²) >= 11 is 0. The predicted octanol–water partition coefficient (Wildman–Crippen LogP) is 5.35. The van der Waals surface area contributed by atoms with Gasteiger partial charge in [-0.15, -0.1) is 0 Å². The largest absolute Gasteiger partial charge is 0.507 e. The van der Waals surface area contributed by atoms with Crippen LogP contribution < -0.4 is 0 Å². The zero-order chi connectivity index (χ0) is 18.5. The van der Waals surface area contributed by atoms with Gasteiger partial charge in [0, 0.05) is 24.0 Å². The fourth-order valence-electron chi connectivity index (χ4n) is 3.31. The van der Waals surface area contributed by atoms with Gasteiger partial charge in [0.2, 0.25) is 0 Å². The summed E-state index contributed by atoms with van der Waals surface area (Å²) < 4.78 is 0. The molecule has 3 aromatic rings. The van der Waals surface area contributed by atoms with Crippen LogP contribution in [0.2, 0.25) is 0 Å². The summed E-state index contributed by atoms with van der Waals surface area (Å²) in [4.78, 5) is 9.00. The fourth-order valence-corrected chi connectivity index (χ4v) is 3.31. The molecule has 0 radical (unpaired) electrons. The molecular formula is C23H20O3. The van der Waals surface area contributed by atoms with E-state index in [1.807, 2.05) is 42.5 Å². The molecule has 0 spiro atoms. The molecule has 3 heteroatoms. The van der Waals surface area contributed by atoms with Crippen LogP contribution in [0.4, 0.5) is 0 Å². The number of carboxylic acids is 1. The zero-order valence-corrected chi connectivity index (χ0v) is 14.5. The Labute approximate surface area is 152 Å². The second-order valence-electron chi connectivity index (χ2n) is 6.08. The maximum atomic E-state index is 10.8. The number of aliphatic hydroxyl groups excluding tert-OH is 1. The van der Waals surface area contributed by atoms with Crippen LogP contribution in [0, 0.1) is 0 Å². The van der Waals surface area contributed by atoms with Crippen LogP contribution >= 0.6 is 0 Å². The van der Waals surface area contributed by atoms with Crippen molar-refractivity contribution in [3.8, 4) is 0 Å². The van der Waals surface area contributed by atoms with E-state index >= 15 is 0 Å². The van der Waals surface area contributed by atoms with Crippen LogP contribution in [0.1, 0.15) is 35.1 Å². The number of aliphatic hydroxyl groups is 1. The van der Waals surface area contributed by atoms with E-state index in [1.54, 1.807) is 0 Å². The average molecular weight is 344 g/mol. The lowest BCUT2D eigenvalue weighted by atomic mass is 9.85. The SMILES string of the molecule is CC(=O)O.OC1=C(c2ccccc2)C(c2ccccc2)c2ccccc21. The molecule has 130 valence electrons. The van der Waals surface area contributed by atoms with Crippen molar-refractivity contribution >= 4 is 17.3 Å². The van der Waals surface area contributed by atoms with Crippen molar-refractivity contribution in [1.82, 2.24) is 0 Å². The number of fused-ring (bicyclic) bond motifs is 1. The van der Waals surface area contributed by atoms with Crippen LogP contribution in [0.25, 0.3) is 11.3 Å². The van der Waals surface area contributed by atoms with Crippen molar-refractivity contribution in [2.24, 2.45) is 0 Å². The molecule has 1 aliphatic rings. The number of carboxylic acid groups (broad SMARTS) is 1. The molecule has 2 N–H and O–H groups in total. The smallest absolute Gasteiger partial charge is 0.300 e. The maximum Gasteiger partial charge on any atom is 0.300 e. The highest BCUT2D eigenvalue weighted by atomic mass is 16.4. The van der Waals surface area contributed by atoms with E-state index in [2.05, 4.69) is 42.5 Å². The molecule has 4 rings (SSSR count). The van der Waals surface area contributed by atoms with Crippen LogP contribution in [0.15, 0.2) is 84.9 Å². The Morgan fingerprint density at radius 3 is 1.92 bits per heavy atom. The van der Waals surface area contributed by atoms with Gasteiger partial charge in [0.25, 0.3) is 5.97 Å². The number of hydrogen-bond donors (Lipinski definition) is 2. The van der Waals surface area contributed by atoms with E-state index in [9.17, 15) is 5.11 Å². The Bertz CT molecular complexity index is 924. The van der Waals surface area contributed by atoms with Crippen LogP contribution in [-0.2, 0) is 4.79 Å². The first-order valence-corrected chi connectivity index (χ1v) is 8.42. The molecular weight excluding hydrogens is 324 g/mol. The van der Waals surface area contributed by atoms with Crippen molar-refractivity contribution in [1.29, 1.82) is 0 Å². The van der Waals surface area contributed by atoms with Gasteiger partial charge in [-0.3, -0.25) is 4.79 Å². The first-order chi connectivity index (χ1) is 12.6. The Hall–Kier alpha value is -3.33. The Balaban J connectivity index is 0.000000447. The molecule has 0 fully saturated rings. The zero-order valence-electron chi connectivity index (χ0n) is 14.5. The Morgan fingerprint density at radius 2 is 1.31 bits per heavy atom. The third-order valence-corrected chi connectivity index (χ3v) is 4.29. The van der Waals surface area contributed by atoms with E-state index < -0.39 is 5.97 Å². The first-order valence-electron chi connectivity index (χ1n) is 8.42. The second-order valence-corrected chi connectivity index (χ2v) is 6.08. The third kappa shape index (κ3) is 3.52. The molecule has 1 atom stereocenters. The molecule has 3 aromatic carbocycles. The van der Waals surface area contributed by atoms with Gasteiger partial charge in [-0.05, 0) is 16.7 Å². The molecule has 26 heavy (non-hydrogen) atoms. The van der Waals surface area contributed by atoms with Crippen molar-refractivity contribution in [2.45, 2.75) is 12.8 Å². The van der Waals surface area contributed by atoms with Gasteiger partial charge in [0.15, 0.2) is 0 Å². The van der Waals surface area contributed by atoms with Gasteiger partial charge in [-0.1, -0.05) is 84.9 Å². The summed E-state index contributed by atoms with van der Waals surface area (Å²) in [6, 6.07) is 28.7. The molecule has 0 aliphatic heterocycles. The van der Waals surface area contributed by atoms with Crippen LogP contribution in [-0.4, -0.2) is 16.2 Å². The van der Waals surface area contributed by atoms with Gasteiger partial charge >= 0.3 is 0 Å². The summed E-state index contributed by atoms with van der Waals surface area (Å²) in [6.45, 7) is 1.08. The van der Waals surface area contributed by atoms with E-state index in [0.717, 1.165) is 23.6 Å². The van der Waals surface area contributed by atoms with Crippen molar-refractivity contribution in [3.05, 3.63) is 107 Å². The normalized spacial score (nSPS) is 15.0. The second kappa shape index (κ2) is 7.70. The highest BCUT2D eigenvalue weighted by Gasteiger charge is 2.32. The molecule has 0 amide bonds. The van der Waals surface area contributed by atoms with Gasteiger partial charge in [-0.2, -0.15) is 0 Å². The van der Waals surface area contributed by atoms with E-state index in [1.165, 1.54) is 11.1 Å². The van der Waals surface area contributed by atoms with Crippen molar-refractivity contribution in [3.63, 3.8) is 0 Å². The van der Waals surface area contributed by atoms with Crippen molar-refractivity contribution < 1.29 is 15.0 Å². The lowest BCUT2D eigenvalue weighted by molar-refractivity contribution is -0.134. The summed E-state index contributed by atoms with van der Waals surface area (Å²) in [5, 5.41) is 18.2. The molecule has 0 saturated carbocycles. The summed E-state index contributed by atoms with van der Waals surface area (Å²) in [5.74, 6) is -0.351. The molecule has 0 heterocycles. The summed E-state index contributed by atoms with van der Waals surface area (Å²) in [6.07, 6.45) is 0. The summed E-state index contributed by atoms with van der Waals surface area (Å²) in [5.41, 5.74) is 5.39. The standard InChI is InChI=1S/C21H16O.C2H4O2/c22-21-18-14-8-7-13-17(18)19(15-9-3-1-4-10-15)20(21)16-11-5-2-6-12-16;1-2(3)4/h1-14,19,22H;1H3,(H,3,4). The molecule has 0 saturated heterocycles. The minimum absolute atomic E-state index is 0.0831. The van der Waals surface area contributed by atoms with E-state index in [4.69, 9.17) is 9.90 Å². The average Bonchev–Trinajstić information content (AvgIpc) is 2.96. The molecule has 1 aliphatic carbocycles. The van der Waals surface area contributed by atoms with Gasteiger partial charge in [-0.25, -0.2) is 0 Å². The van der Waals surface area contributed by atoms with Gasteiger partial charge in [0.1, 0.15) is 5.76 Å². The number of hydrogen-bond acceptors (Lipinski definition) is 2. The van der Waals surface area contributed by atoms with Gasteiger partial charge in [0.05, 0.1) is 0 Å². The van der Waals surface area contributed by atoms with Crippen molar-refractivity contribution in [2.75, 3.05) is 0 Å². The highest BCUT2D eigenvalue weighted by molar-refractivity contribution is 5.97. The Kier molecular flexibility index (Phi) is 5.18. The Morgan fingerprint density at radius 1 is 0.808 bits per heavy atom. The molecule has 3 nitrogen and oxygen atoms in total. The number of aliphatic carboxylic acids is 1. The number of rotatable bonds is 2. The summed E-state index contributed by atoms with van der Waals surface area (Å²) in [7, 11) is 0. The van der Waals surface area contributed by atoms with Gasteiger partial charge < -0.3 is 10.2 Å². The maximum absolute atomic E-state index is 10.8. The van der Waals surface area contributed by atoms with Crippen LogP contribution in [0.3, 0.4) is 0 Å². The van der Waals surface area contributed by atoms with E-state index in [0.29, 0.717) is 5.76 Å². The number of allylic oxidation sites excluding steroid dienone is 1. The molecule has 0 aromatic heterocycles. The number of benzene rings is 3. The topological polar surface area (TPSA) is 57.5 Å². The third-order valence-electron chi connectivity index (χ3n) is 4.29.